The van der Waals surface area contributed by atoms with E-state index in [9.17, 15) is 14.9 Å². The van der Waals surface area contributed by atoms with Crippen LogP contribution < -0.4 is 0 Å². The SMILES string of the molecule is CC(C)N(C)C(=O)c1ccc([N+](=O)[O-])cc1. The normalized spacial score (nSPS) is 10.2. The minimum absolute atomic E-state index is 0.0104. The van der Waals surface area contributed by atoms with Crippen LogP contribution in [0.15, 0.2) is 24.3 Å². The Hall–Kier alpha value is -1.91. The van der Waals surface area contributed by atoms with Crippen molar-refractivity contribution in [2.75, 3.05) is 7.05 Å². The van der Waals surface area contributed by atoms with E-state index < -0.39 is 4.92 Å². The highest BCUT2D eigenvalue weighted by molar-refractivity contribution is 5.94. The number of non-ortho nitro benzene ring substituents is 1. The number of hydrogen-bond donors (Lipinski definition) is 0. The summed E-state index contributed by atoms with van der Waals surface area (Å²) in [6.07, 6.45) is 0. The van der Waals surface area contributed by atoms with E-state index >= 15 is 0 Å². The smallest absolute Gasteiger partial charge is 0.269 e. The van der Waals surface area contributed by atoms with Crippen molar-refractivity contribution in [2.45, 2.75) is 19.9 Å². The lowest BCUT2D eigenvalue weighted by Gasteiger charge is -2.21. The number of benzene rings is 1. The second-order valence-electron chi connectivity index (χ2n) is 3.81. The van der Waals surface area contributed by atoms with E-state index in [0.29, 0.717) is 5.56 Å². The Morgan fingerprint density at radius 2 is 1.81 bits per heavy atom. The van der Waals surface area contributed by atoms with Crippen LogP contribution in [-0.2, 0) is 0 Å². The standard InChI is InChI=1S/C11H14N2O3/c1-8(2)12(3)11(14)9-4-6-10(7-5-9)13(15)16/h4-8H,1-3H3. The Balaban J connectivity index is 2.90. The molecule has 0 unspecified atom stereocenters. The van der Waals surface area contributed by atoms with Crippen LogP contribution in [0.25, 0.3) is 0 Å². The minimum Gasteiger partial charge on any atom is -0.339 e. The van der Waals surface area contributed by atoms with Gasteiger partial charge in [0.1, 0.15) is 0 Å². The minimum atomic E-state index is -0.486. The van der Waals surface area contributed by atoms with Gasteiger partial charge in [-0.2, -0.15) is 0 Å². The molecule has 1 aromatic rings. The first-order valence-corrected chi connectivity index (χ1v) is 4.95. The molecule has 1 aromatic carbocycles. The van der Waals surface area contributed by atoms with Crippen LogP contribution in [0, 0.1) is 10.1 Å². The molecule has 5 nitrogen and oxygen atoms in total. The molecule has 0 N–H and O–H groups in total. The summed E-state index contributed by atoms with van der Waals surface area (Å²) < 4.78 is 0. The van der Waals surface area contributed by atoms with Crippen molar-refractivity contribution >= 4 is 11.6 Å². The van der Waals surface area contributed by atoms with Crippen LogP contribution in [0.1, 0.15) is 24.2 Å². The molecular weight excluding hydrogens is 208 g/mol. The van der Waals surface area contributed by atoms with E-state index in [2.05, 4.69) is 0 Å². The maximum atomic E-state index is 11.8. The molecule has 0 aromatic heterocycles. The zero-order valence-corrected chi connectivity index (χ0v) is 9.51. The van der Waals surface area contributed by atoms with Gasteiger partial charge in [-0.3, -0.25) is 14.9 Å². The molecule has 0 aliphatic rings. The third-order valence-corrected chi connectivity index (χ3v) is 2.42. The number of nitro groups is 1. The van der Waals surface area contributed by atoms with Gasteiger partial charge in [0.15, 0.2) is 0 Å². The molecule has 0 radical (unpaired) electrons. The lowest BCUT2D eigenvalue weighted by molar-refractivity contribution is -0.384. The molecule has 0 aliphatic carbocycles. The molecule has 5 heteroatoms. The largest absolute Gasteiger partial charge is 0.339 e. The summed E-state index contributed by atoms with van der Waals surface area (Å²) in [6, 6.07) is 5.71. The van der Waals surface area contributed by atoms with E-state index in [1.165, 1.54) is 24.3 Å². The van der Waals surface area contributed by atoms with Gasteiger partial charge in [0.05, 0.1) is 4.92 Å². The monoisotopic (exact) mass is 222 g/mol. The van der Waals surface area contributed by atoms with Gasteiger partial charge in [-0.25, -0.2) is 0 Å². The number of nitrogens with zero attached hydrogens (tertiary/aromatic N) is 2. The van der Waals surface area contributed by atoms with Gasteiger partial charge in [-0.15, -0.1) is 0 Å². The van der Waals surface area contributed by atoms with Crippen molar-refractivity contribution in [1.29, 1.82) is 0 Å². The molecule has 0 aliphatic heterocycles. The Bertz CT molecular complexity index is 398. The van der Waals surface area contributed by atoms with Crippen molar-refractivity contribution in [3.05, 3.63) is 39.9 Å². The van der Waals surface area contributed by atoms with Gasteiger partial charge in [0.25, 0.3) is 11.6 Å². The van der Waals surface area contributed by atoms with Crippen LogP contribution >= 0.6 is 0 Å². The average molecular weight is 222 g/mol. The molecule has 16 heavy (non-hydrogen) atoms. The quantitative estimate of drug-likeness (QED) is 0.581. The van der Waals surface area contributed by atoms with Crippen molar-refractivity contribution in [3.8, 4) is 0 Å². The molecule has 0 atom stereocenters. The zero-order valence-electron chi connectivity index (χ0n) is 9.51. The number of rotatable bonds is 3. The summed E-state index contributed by atoms with van der Waals surface area (Å²) in [7, 11) is 1.70. The molecule has 0 saturated heterocycles. The number of amides is 1. The summed E-state index contributed by atoms with van der Waals surface area (Å²) in [5.74, 6) is -0.134. The average Bonchev–Trinajstić information content (AvgIpc) is 2.27. The third-order valence-electron chi connectivity index (χ3n) is 2.42. The van der Waals surface area contributed by atoms with Gasteiger partial charge in [0.2, 0.25) is 0 Å². The van der Waals surface area contributed by atoms with Crippen molar-refractivity contribution in [2.24, 2.45) is 0 Å². The first kappa shape index (κ1) is 12.2. The van der Waals surface area contributed by atoms with E-state index in [4.69, 9.17) is 0 Å². The predicted octanol–water partition coefficient (Wildman–Crippen LogP) is 2.08. The lowest BCUT2D eigenvalue weighted by Crippen LogP contribution is -2.32. The summed E-state index contributed by atoms with van der Waals surface area (Å²) in [6.45, 7) is 3.81. The summed E-state index contributed by atoms with van der Waals surface area (Å²) in [5.41, 5.74) is 0.450. The molecule has 86 valence electrons. The van der Waals surface area contributed by atoms with Gasteiger partial charge < -0.3 is 4.90 Å². The Labute approximate surface area is 93.8 Å². The van der Waals surface area contributed by atoms with Crippen molar-refractivity contribution in [1.82, 2.24) is 4.90 Å². The fourth-order valence-electron chi connectivity index (χ4n) is 1.16. The van der Waals surface area contributed by atoms with Crippen LogP contribution in [0.3, 0.4) is 0 Å². The first-order valence-electron chi connectivity index (χ1n) is 4.95. The van der Waals surface area contributed by atoms with Crippen molar-refractivity contribution in [3.63, 3.8) is 0 Å². The highest BCUT2D eigenvalue weighted by Gasteiger charge is 2.15. The first-order chi connectivity index (χ1) is 7.43. The number of nitro benzene ring substituents is 1. The predicted molar refractivity (Wildman–Crippen MR) is 60.3 cm³/mol. The number of carbonyl (C=O) groups is 1. The molecular formula is C11H14N2O3. The van der Waals surface area contributed by atoms with Crippen LogP contribution in [-0.4, -0.2) is 28.8 Å². The molecule has 0 bridgehead atoms. The number of hydrogen-bond acceptors (Lipinski definition) is 3. The van der Waals surface area contributed by atoms with Crippen LogP contribution in [0.5, 0.6) is 0 Å². The van der Waals surface area contributed by atoms with Gasteiger partial charge in [0, 0.05) is 30.8 Å². The van der Waals surface area contributed by atoms with E-state index in [0.717, 1.165) is 0 Å². The van der Waals surface area contributed by atoms with E-state index in [-0.39, 0.29) is 17.6 Å². The van der Waals surface area contributed by atoms with Gasteiger partial charge in [-0.05, 0) is 26.0 Å². The van der Waals surface area contributed by atoms with E-state index in [1.54, 1.807) is 11.9 Å². The van der Waals surface area contributed by atoms with E-state index in [1.807, 2.05) is 13.8 Å². The maximum Gasteiger partial charge on any atom is 0.269 e. The molecule has 0 spiro atoms. The molecule has 1 amide bonds. The zero-order chi connectivity index (χ0) is 12.3. The Morgan fingerprint density at radius 3 is 2.19 bits per heavy atom. The molecule has 0 heterocycles. The lowest BCUT2D eigenvalue weighted by atomic mass is 10.1. The Kier molecular flexibility index (Phi) is 3.60. The second-order valence-corrected chi connectivity index (χ2v) is 3.81. The fourth-order valence-corrected chi connectivity index (χ4v) is 1.16. The van der Waals surface area contributed by atoms with Gasteiger partial charge in [-0.1, -0.05) is 0 Å². The van der Waals surface area contributed by atoms with Crippen LogP contribution in [0.2, 0.25) is 0 Å². The molecule has 0 fully saturated rings. The topological polar surface area (TPSA) is 63.5 Å². The summed E-state index contributed by atoms with van der Waals surface area (Å²) >= 11 is 0. The summed E-state index contributed by atoms with van der Waals surface area (Å²) in [5, 5.41) is 10.4. The van der Waals surface area contributed by atoms with Gasteiger partial charge >= 0.3 is 0 Å². The summed E-state index contributed by atoms with van der Waals surface area (Å²) in [4.78, 5) is 23.4. The maximum absolute atomic E-state index is 11.8. The highest BCUT2D eigenvalue weighted by Crippen LogP contribution is 2.13. The number of carbonyl (C=O) groups excluding carboxylic acids is 1. The third kappa shape index (κ3) is 2.56. The van der Waals surface area contributed by atoms with Crippen LogP contribution in [0.4, 0.5) is 5.69 Å². The Morgan fingerprint density at radius 1 is 1.31 bits per heavy atom. The highest BCUT2D eigenvalue weighted by atomic mass is 16.6. The second kappa shape index (κ2) is 4.74. The molecule has 0 saturated carbocycles. The fraction of sp³-hybridized carbons (Fsp3) is 0.364. The molecule has 1 rings (SSSR count). The van der Waals surface area contributed by atoms with Crippen molar-refractivity contribution < 1.29 is 9.72 Å².